The summed E-state index contributed by atoms with van der Waals surface area (Å²) in [5, 5.41) is 0. The predicted molar refractivity (Wildman–Crippen MR) is 91.8 cm³/mol. The summed E-state index contributed by atoms with van der Waals surface area (Å²) in [6, 6.07) is 3.30. The van der Waals surface area contributed by atoms with Crippen LogP contribution in [0, 0.1) is 12.8 Å². The third-order valence-corrected chi connectivity index (χ3v) is 6.65. The minimum Gasteiger partial charge on any atom is -0.398 e. The first-order valence-corrected chi connectivity index (χ1v) is 9.56. The number of anilines is 1. The van der Waals surface area contributed by atoms with Crippen LogP contribution in [0.1, 0.15) is 39.2 Å². The van der Waals surface area contributed by atoms with Gasteiger partial charge in [0.2, 0.25) is 10.0 Å². The number of hydrogen-bond acceptors (Lipinski definition) is 3. The predicted octanol–water partition coefficient (Wildman–Crippen LogP) is 3.79. The summed E-state index contributed by atoms with van der Waals surface area (Å²) in [7, 11) is -3.50. The minimum atomic E-state index is -3.50. The second kappa shape index (κ2) is 7.61. The molecule has 1 aromatic carbocycles. The molecule has 0 atom stereocenters. The minimum absolute atomic E-state index is 0.302. The number of nitrogens with zero attached hydrogens (tertiary/aromatic N) is 1. The normalized spacial score (nSPS) is 12.3. The fourth-order valence-corrected chi connectivity index (χ4v) is 4.54. The molecular weight excluding hydrogens is 352 g/mol. The summed E-state index contributed by atoms with van der Waals surface area (Å²) in [5.74, 6) is 0.382. The van der Waals surface area contributed by atoms with Crippen LogP contribution in [0.2, 0.25) is 0 Å². The van der Waals surface area contributed by atoms with Crippen molar-refractivity contribution in [3.05, 3.63) is 22.2 Å². The Bertz CT molecular complexity index is 584. The monoisotopic (exact) mass is 376 g/mol. The lowest BCUT2D eigenvalue weighted by Crippen LogP contribution is -2.35. The number of sulfonamides is 1. The van der Waals surface area contributed by atoms with Crippen molar-refractivity contribution in [2.45, 2.75) is 45.4 Å². The van der Waals surface area contributed by atoms with Gasteiger partial charge in [-0.05, 0) is 46.5 Å². The average molecular weight is 377 g/mol. The maximum Gasteiger partial charge on any atom is 0.243 e. The summed E-state index contributed by atoms with van der Waals surface area (Å²) >= 11 is 3.33. The lowest BCUT2D eigenvalue weighted by atomic mass is 10.0. The van der Waals surface area contributed by atoms with E-state index in [2.05, 4.69) is 29.8 Å². The van der Waals surface area contributed by atoms with Crippen LogP contribution in [-0.2, 0) is 10.0 Å². The van der Waals surface area contributed by atoms with E-state index in [9.17, 15) is 8.42 Å². The van der Waals surface area contributed by atoms with E-state index in [4.69, 9.17) is 5.73 Å². The molecule has 0 fully saturated rings. The van der Waals surface area contributed by atoms with Crippen molar-refractivity contribution in [1.29, 1.82) is 0 Å². The maximum absolute atomic E-state index is 12.9. The van der Waals surface area contributed by atoms with Crippen LogP contribution in [-0.4, -0.2) is 25.8 Å². The first kappa shape index (κ1) is 18.5. The number of benzene rings is 1. The lowest BCUT2D eigenvalue weighted by Gasteiger charge is -2.25. The molecule has 21 heavy (non-hydrogen) atoms. The molecule has 0 aliphatic carbocycles. The molecule has 0 unspecified atom stereocenters. The molecule has 120 valence electrons. The molecule has 4 nitrogen and oxygen atoms in total. The zero-order valence-corrected chi connectivity index (χ0v) is 15.6. The van der Waals surface area contributed by atoms with Crippen LogP contribution < -0.4 is 5.73 Å². The Kier molecular flexibility index (Phi) is 6.69. The second-order valence-corrected chi connectivity index (χ2v) is 8.04. The smallest absolute Gasteiger partial charge is 0.243 e. The third kappa shape index (κ3) is 4.20. The lowest BCUT2D eigenvalue weighted by molar-refractivity contribution is 0.339. The van der Waals surface area contributed by atoms with Crippen LogP contribution in [0.4, 0.5) is 5.69 Å². The van der Waals surface area contributed by atoms with Crippen molar-refractivity contribution < 1.29 is 8.42 Å². The second-order valence-electron chi connectivity index (χ2n) is 5.28. The highest BCUT2D eigenvalue weighted by molar-refractivity contribution is 9.10. The first-order chi connectivity index (χ1) is 9.77. The molecule has 0 aromatic heterocycles. The number of rotatable bonds is 7. The molecular formula is C15H25BrN2O2S. The molecule has 6 heteroatoms. The Balaban J connectivity index is 3.22. The SMILES string of the molecule is CCC(CC)CN(CC)S(=O)(=O)c1cc(N)c(Br)cc1C. The Hall–Kier alpha value is -0.590. The van der Waals surface area contributed by atoms with Gasteiger partial charge in [-0.1, -0.05) is 33.6 Å². The number of nitrogens with two attached hydrogens (primary N) is 1. The fraction of sp³-hybridized carbons (Fsp3) is 0.600. The number of aryl methyl sites for hydroxylation is 1. The Morgan fingerprint density at radius 1 is 1.24 bits per heavy atom. The molecule has 0 heterocycles. The standard InChI is InChI=1S/C15H25BrN2O2S/c1-5-12(6-2)10-18(7-3)21(19,20)15-9-14(17)13(16)8-11(15)4/h8-9,12H,5-7,10,17H2,1-4H3. The van der Waals surface area contributed by atoms with Crippen molar-refractivity contribution in [3.63, 3.8) is 0 Å². The van der Waals surface area contributed by atoms with Gasteiger partial charge in [-0.25, -0.2) is 8.42 Å². The molecule has 0 spiro atoms. The van der Waals surface area contributed by atoms with Gasteiger partial charge in [0.1, 0.15) is 0 Å². The van der Waals surface area contributed by atoms with E-state index >= 15 is 0 Å². The van der Waals surface area contributed by atoms with Gasteiger partial charge in [0, 0.05) is 23.2 Å². The Morgan fingerprint density at radius 3 is 2.29 bits per heavy atom. The van der Waals surface area contributed by atoms with Gasteiger partial charge in [-0.2, -0.15) is 4.31 Å². The number of hydrogen-bond donors (Lipinski definition) is 1. The van der Waals surface area contributed by atoms with Crippen molar-refractivity contribution in [1.82, 2.24) is 4.31 Å². The van der Waals surface area contributed by atoms with E-state index in [1.165, 1.54) is 0 Å². The highest BCUT2D eigenvalue weighted by Gasteiger charge is 2.27. The largest absolute Gasteiger partial charge is 0.398 e. The molecule has 0 amide bonds. The highest BCUT2D eigenvalue weighted by Crippen LogP contribution is 2.29. The number of nitrogen functional groups attached to an aromatic ring is 1. The van der Waals surface area contributed by atoms with Crippen LogP contribution >= 0.6 is 15.9 Å². The summed E-state index contributed by atoms with van der Waals surface area (Å²) in [6.45, 7) is 8.88. The van der Waals surface area contributed by atoms with Crippen molar-refractivity contribution in [3.8, 4) is 0 Å². The topological polar surface area (TPSA) is 63.4 Å². The zero-order valence-electron chi connectivity index (χ0n) is 13.2. The van der Waals surface area contributed by atoms with Gasteiger partial charge < -0.3 is 5.73 Å². The van der Waals surface area contributed by atoms with E-state index in [1.54, 1.807) is 23.4 Å². The van der Waals surface area contributed by atoms with Gasteiger partial charge in [0.05, 0.1) is 4.90 Å². The molecule has 1 rings (SSSR count). The summed E-state index contributed by atoms with van der Waals surface area (Å²) < 4.78 is 28.0. The molecule has 0 saturated carbocycles. The van der Waals surface area contributed by atoms with Gasteiger partial charge in [0.15, 0.2) is 0 Å². The quantitative estimate of drug-likeness (QED) is 0.736. The molecule has 2 N–H and O–H groups in total. The van der Waals surface area contributed by atoms with Gasteiger partial charge in [-0.15, -0.1) is 0 Å². The van der Waals surface area contributed by atoms with Crippen molar-refractivity contribution in [2.75, 3.05) is 18.8 Å². The van der Waals surface area contributed by atoms with E-state index in [1.807, 2.05) is 6.92 Å². The molecule has 0 aliphatic heterocycles. The van der Waals surface area contributed by atoms with E-state index in [0.717, 1.165) is 17.3 Å². The van der Waals surface area contributed by atoms with E-state index in [0.29, 0.717) is 35.2 Å². The van der Waals surface area contributed by atoms with Gasteiger partial charge >= 0.3 is 0 Å². The molecule has 1 aromatic rings. The molecule has 0 saturated heterocycles. The summed E-state index contributed by atoms with van der Waals surface area (Å²) in [4.78, 5) is 0.302. The molecule has 0 bridgehead atoms. The maximum atomic E-state index is 12.9. The van der Waals surface area contributed by atoms with Crippen LogP contribution in [0.5, 0.6) is 0 Å². The van der Waals surface area contributed by atoms with Crippen molar-refractivity contribution in [2.24, 2.45) is 5.92 Å². The average Bonchev–Trinajstić information content (AvgIpc) is 2.43. The van der Waals surface area contributed by atoms with Crippen LogP contribution in [0.15, 0.2) is 21.5 Å². The number of halogens is 1. The van der Waals surface area contributed by atoms with Crippen molar-refractivity contribution >= 4 is 31.6 Å². The molecule has 0 aliphatic rings. The van der Waals surface area contributed by atoms with Crippen LogP contribution in [0.3, 0.4) is 0 Å². The molecule has 0 radical (unpaired) electrons. The van der Waals surface area contributed by atoms with Gasteiger partial charge in [-0.3, -0.25) is 0 Å². The highest BCUT2D eigenvalue weighted by atomic mass is 79.9. The zero-order chi connectivity index (χ0) is 16.2. The fourth-order valence-electron chi connectivity index (χ4n) is 2.32. The van der Waals surface area contributed by atoms with E-state index < -0.39 is 10.0 Å². The van der Waals surface area contributed by atoms with E-state index in [-0.39, 0.29) is 0 Å². The van der Waals surface area contributed by atoms with Crippen LogP contribution in [0.25, 0.3) is 0 Å². The summed E-state index contributed by atoms with van der Waals surface area (Å²) in [5.41, 5.74) is 7.00. The summed E-state index contributed by atoms with van der Waals surface area (Å²) in [6.07, 6.45) is 1.95. The Labute approximate surface area is 136 Å². The third-order valence-electron chi connectivity index (χ3n) is 3.88. The first-order valence-electron chi connectivity index (χ1n) is 7.33. The van der Waals surface area contributed by atoms with Gasteiger partial charge in [0.25, 0.3) is 0 Å². The Morgan fingerprint density at radius 2 is 1.81 bits per heavy atom.